The molecule has 24 heavy (non-hydrogen) atoms. The van der Waals surface area contributed by atoms with Gasteiger partial charge in [-0.15, -0.1) is 0 Å². The van der Waals surface area contributed by atoms with E-state index in [1.54, 1.807) is 12.1 Å². The normalized spacial score (nSPS) is 11.2. The first-order chi connectivity index (χ1) is 11.5. The van der Waals surface area contributed by atoms with E-state index in [0.717, 1.165) is 31.6 Å². The number of hydrogen-bond donors (Lipinski definition) is 2. The molecule has 0 spiro atoms. The van der Waals surface area contributed by atoms with Gasteiger partial charge in [0, 0.05) is 23.5 Å². The molecule has 0 saturated heterocycles. The third-order valence-electron chi connectivity index (χ3n) is 3.73. The van der Waals surface area contributed by atoms with Gasteiger partial charge >= 0.3 is 0 Å². The minimum absolute atomic E-state index is 0.0366. The number of aryl methyl sites for hydroxylation is 1. The van der Waals surface area contributed by atoms with Crippen molar-refractivity contribution in [3.05, 3.63) is 40.6 Å². The fourth-order valence-corrected chi connectivity index (χ4v) is 2.32. The summed E-state index contributed by atoms with van der Waals surface area (Å²) in [6, 6.07) is 7.16. The van der Waals surface area contributed by atoms with Crippen LogP contribution >= 0.6 is 11.6 Å². The van der Waals surface area contributed by atoms with Crippen molar-refractivity contribution in [1.29, 1.82) is 5.26 Å². The van der Waals surface area contributed by atoms with E-state index < -0.39 is 5.91 Å². The van der Waals surface area contributed by atoms with E-state index in [4.69, 9.17) is 16.9 Å². The van der Waals surface area contributed by atoms with Gasteiger partial charge in [0.25, 0.3) is 5.91 Å². The van der Waals surface area contributed by atoms with Gasteiger partial charge in [0.2, 0.25) is 0 Å². The van der Waals surface area contributed by atoms with Crippen LogP contribution < -0.4 is 10.6 Å². The topological polar surface area (TPSA) is 68.2 Å². The van der Waals surface area contributed by atoms with Crippen LogP contribution in [0.2, 0.25) is 5.02 Å². The van der Waals surface area contributed by atoms with Crippen LogP contribution in [0.1, 0.15) is 25.8 Å². The number of rotatable bonds is 9. The number of carbonyl (C=O) groups excluding carboxylic acids is 1. The summed E-state index contributed by atoms with van der Waals surface area (Å²) in [6.07, 6.45) is 2.42. The third kappa shape index (κ3) is 6.61. The number of nitrogens with zero attached hydrogens (tertiary/aromatic N) is 2. The summed E-state index contributed by atoms with van der Waals surface area (Å²) in [4.78, 5) is 14.4. The molecule has 0 aliphatic carbocycles. The number of nitriles is 1. The molecule has 1 aromatic carbocycles. The van der Waals surface area contributed by atoms with E-state index in [2.05, 4.69) is 29.4 Å². The van der Waals surface area contributed by atoms with E-state index >= 15 is 0 Å². The average Bonchev–Trinajstić information content (AvgIpc) is 2.57. The zero-order chi connectivity index (χ0) is 17.9. The summed E-state index contributed by atoms with van der Waals surface area (Å²) in [5.74, 6) is -0.450. The van der Waals surface area contributed by atoms with Crippen LogP contribution in [-0.2, 0) is 4.79 Å². The first kappa shape index (κ1) is 20.0. The highest BCUT2D eigenvalue weighted by molar-refractivity contribution is 6.31. The first-order valence-electron chi connectivity index (χ1n) is 8.15. The molecule has 130 valence electrons. The molecule has 0 aromatic heterocycles. The lowest BCUT2D eigenvalue weighted by Gasteiger charge is -2.17. The van der Waals surface area contributed by atoms with E-state index in [1.807, 2.05) is 19.1 Å². The summed E-state index contributed by atoms with van der Waals surface area (Å²) >= 11 is 6.03. The number of benzene rings is 1. The molecule has 0 fully saturated rings. The molecule has 0 aliphatic heterocycles. The Labute approximate surface area is 149 Å². The van der Waals surface area contributed by atoms with E-state index in [1.165, 1.54) is 6.20 Å². The molecular formula is C18H25ClN4O. The molecular weight excluding hydrogens is 324 g/mol. The second kappa shape index (κ2) is 10.7. The summed E-state index contributed by atoms with van der Waals surface area (Å²) in [7, 11) is 0. The maximum Gasteiger partial charge on any atom is 0.267 e. The van der Waals surface area contributed by atoms with Crippen LogP contribution in [0.3, 0.4) is 0 Å². The standard InChI is InChI=1S/C18H25ClN4O/c1-4-23(5-2)10-6-9-21-13-15(12-20)18(24)22-16-8-7-14(3)17(19)11-16/h7-8,11,13,21H,4-6,9-10H2,1-3H3,(H,22,24)/b15-13-. The van der Waals surface area contributed by atoms with Crippen LogP contribution in [0.15, 0.2) is 30.0 Å². The molecule has 1 rings (SSSR count). The minimum atomic E-state index is -0.450. The van der Waals surface area contributed by atoms with Gasteiger partial charge in [-0.2, -0.15) is 5.26 Å². The molecule has 0 aliphatic rings. The Morgan fingerprint density at radius 1 is 1.38 bits per heavy atom. The Bertz CT molecular complexity index is 618. The molecule has 1 aromatic rings. The molecule has 0 saturated carbocycles. The minimum Gasteiger partial charge on any atom is -0.390 e. The Balaban J connectivity index is 2.51. The number of nitrogens with one attached hydrogen (secondary N) is 2. The Morgan fingerprint density at radius 3 is 2.67 bits per heavy atom. The van der Waals surface area contributed by atoms with Crippen molar-refractivity contribution < 1.29 is 4.79 Å². The molecule has 2 N–H and O–H groups in total. The van der Waals surface area contributed by atoms with Gasteiger partial charge in [0.1, 0.15) is 11.6 Å². The van der Waals surface area contributed by atoms with Crippen LogP contribution in [0.4, 0.5) is 5.69 Å². The molecule has 5 nitrogen and oxygen atoms in total. The summed E-state index contributed by atoms with van der Waals surface area (Å²) in [5, 5.41) is 15.4. The number of halogens is 1. The Morgan fingerprint density at radius 2 is 2.08 bits per heavy atom. The van der Waals surface area contributed by atoms with Crippen molar-refractivity contribution >= 4 is 23.2 Å². The quantitative estimate of drug-likeness (QED) is 0.408. The van der Waals surface area contributed by atoms with Crippen molar-refractivity contribution in [2.24, 2.45) is 0 Å². The van der Waals surface area contributed by atoms with Gasteiger partial charge in [0.05, 0.1) is 0 Å². The van der Waals surface area contributed by atoms with Crippen molar-refractivity contribution in [2.75, 3.05) is 31.5 Å². The Hall–Kier alpha value is -2.03. The smallest absolute Gasteiger partial charge is 0.267 e. The molecule has 0 unspecified atom stereocenters. The van der Waals surface area contributed by atoms with Crippen molar-refractivity contribution in [3.63, 3.8) is 0 Å². The zero-order valence-electron chi connectivity index (χ0n) is 14.5. The van der Waals surface area contributed by atoms with E-state index in [0.29, 0.717) is 17.3 Å². The molecule has 1 amide bonds. The number of anilines is 1. The number of hydrogen-bond acceptors (Lipinski definition) is 4. The summed E-state index contributed by atoms with van der Waals surface area (Å²) in [5.41, 5.74) is 1.54. The van der Waals surface area contributed by atoms with Crippen LogP contribution in [0.25, 0.3) is 0 Å². The number of carbonyl (C=O) groups is 1. The van der Waals surface area contributed by atoms with Gasteiger partial charge in [-0.25, -0.2) is 0 Å². The largest absolute Gasteiger partial charge is 0.390 e. The van der Waals surface area contributed by atoms with Gasteiger partial charge in [0.15, 0.2) is 0 Å². The molecule has 0 bridgehead atoms. The van der Waals surface area contributed by atoms with E-state index in [9.17, 15) is 4.79 Å². The van der Waals surface area contributed by atoms with Gasteiger partial charge in [-0.05, 0) is 50.7 Å². The highest BCUT2D eigenvalue weighted by Crippen LogP contribution is 2.20. The Kier molecular flexibility index (Phi) is 8.92. The van der Waals surface area contributed by atoms with Crippen LogP contribution in [0, 0.1) is 18.3 Å². The predicted molar refractivity (Wildman–Crippen MR) is 98.9 cm³/mol. The fraction of sp³-hybridized carbons (Fsp3) is 0.444. The van der Waals surface area contributed by atoms with Crippen LogP contribution in [-0.4, -0.2) is 37.0 Å². The molecule has 6 heteroatoms. The van der Waals surface area contributed by atoms with Crippen molar-refractivity contribution in [2.45, 2.75) is 27.2 Å². The molecule has 0 radical (unpaired) electrons. The second-order valence-electron chi connectivity index (χ2n) is 5.42. The predicted octanol–water partition coefficient (Wildman–Crippen LogP) is 3.32. The number of amides is 1. The first-order valence-corrected chi connectivity index (χ1v) is 8.53. The second-order valence-corrected chi connectivity index (χ2v) is 5.83. The molecule has 0 heterocycles. The highest BCUT2D eigenvalue weighted by atomic mass is 35.5. The van der Waals surface area contributed by atoms with Gasteiger partial charge in [-0.1, -0.05) is 31.5 Å². The lowest BCUT2D eigenvalue weighted by Crippen LogP contribution is -2.26. The molecule has 0 atom stereocenters. The SMILES string of the molecule is CCN(CC)CCCN/C=C(/C#N)C(=O)Nc1ccc(C)c(Cl)c1. The maximum atomic E-state index is 12.1. The zero-order valence-corrected chi connectivity index (χ0v) is 15.3. The lowest BCUT2D eigenvalue weighted by molar-refractivity contribution is -0.112. The monoisotopic (exact) mass is 348 g/mol. The summed E-state index contributed by atoms with van der Waals surface area (Å²) < 4.78 is 0. The van der Waals surface area contributed by atoms with E-state index in [-0.39, 0.29) is 5.57 Å². The van der Waals surface area contributed by atoms with Crippen molar-refractivity contribution in [3.8, 4) is 6.07 Å². The van der Waals surface area contributed by atoms with Crippen molar-refractivity contribution in [1.82, 2.24) is 10.2 Å². The van der Waals surface area contributed by atoms with Gasteiger partial charge in [-0.3, -0.25) is 4.79 Å². The summed E-state index contributed by atoms with van der Waals surface area (Å²) in [6.45, 7) is 9.90. The highest BCUT2D eigenvalue weighted by Gasteiger charge is 2.09. The van der Waals surface area contributed by atoms with Gasteiger partial charge < -0.3 is 15.5 Å². The fourth-order valence-electron chi connectivity index (χ4n) is 2.14. The third-order valence-corrected chi connectivity index (χ3v) is 4.14. The maximum absolute atomic E-state index is 12.1. The van der Waals surface area contributed by atoms with Crippen LogP contribution in [0.5, 0.6) is 0 Å². The lowest BCUT2D eigenvalue weighted by atomic mass is 10.2. The average molecular weight is 349 g/mol.